The van der Waals surface area contributed by atoms with Crippen LogP contribution < -0.4 is 5.32 Å². The molecule has 0 aliphatic heterocycles. The van der Waals surface area contributed by atoms with E-state index in [1.54, 1.807) is 6.07 Å². The molecule has 1 N–H and O–H groups in total. The Morgan fingerprint density at radius 3 is 2.55 bits per heavy atom. The monoisotopic (exact) mass is 269 g/mol. The van der Waals surface area contributed by atoms with E-state index in [9.17, 15) is 4.39 Å². The number of aryl methyl sites for hydroxylation is 1. The van der Waals surface area contributed by atoms with Gasteiger partial charge in [-0.05, 0) is 50.3 Å². The van der Waals surface area contributed by atoms with Crippen molar-refractivity contribution < 1.29 is 4.39 Å². The number of rotatable bonds is 3. The number of nitrogens with one attached hydrogen (secondary N) is 1. The van der Waals surface area contributed by atoms with Crippen LogP contribution in [0.4, 0.5) is 10.1 Å². The molecule has 1 saturated carbocycles. The maximum Gasteiger partial charge on any atom is 0.128 e. The smallest absolute Gasteiger partial charge is 0.128 e. The quantitative estimate of drug-likeness (QED) is 0.844. The molecular weight excluding hydrogens is 249 g/mol. The highest BCUT2D eigenvalue weighted by molar-refractivity contribution is 5.52. The molecule has 0 spiro atoms. The van der Waals surface area contributed by atoms with Crippen molar-refractivity contribution in [1.29, 1.82) is 0 Å². The molecule has 0 atom stereocenters. The van der Waals surface area contributed by atoms with Gasteiger partial charge in [0.05, 0.1) is 0 Å². The van der Waals surface area contributed by atoms with Crippen LogP contribution in [0.1, 0.15) is 35.4 Å². The van der Waals surface area contributed by atoms with Crippen LogP contribution >= 0.6 is 0 Å². The van der Waals surface area contributed by atoms with Crippen molar-refractivity contribution >= 4 is 5.69 Å². The maximum absolute atomic E-state index is 13.5. The maximum atomic E-state index is 13.5. The second-order valence-electron chi connectivity index (χ2n) is 5.84. The highest BCUT2D eigenvalue weighted by Gasteiger charge is 2.30. The average molecular weight is 269 g/mol. The van der Waals surface area contributed by atoms with Gasteiger partial charge >= 0.3 is 0 Å². The van der Waals surface area contributed by atoms with Gasteiger partial charge in [-0.2, -0.15) is 0 Å². The molecule has 1 nitrogen and oxygen atoms in total. The third-order valence-electron chi connectivity index (χ3n) is 4.28. The van der Waals surface area contributed by atoms with E-state index in [1.165, 1.54) is 17.2 Å². The lowest BCUT2D eigenvalue weighted by atomic mass is 9.75. The first-order chi connectivity index (χ1) is 9.63. The number of halogens is 1. The molecule has 2 aromatic carbocycles. The molecule has 0 radical (unpaired) electrons. The van der Waals surface area contributed by atoms with Gasteiger partial charge in [0, 0.05) is 17.3 Å². The molecule has 1 fully saturated rings. The molecule has 2 aromatic rings. The van der Waals surface area contributed by atoms with Gasteiger partial charge in [-0.15, -0.1) is 0 Å². The lowest BCUT2D eigenvalue weighted by molar-refractivity contribution is 0.374. The Bertz CT molecular complexity index is 615. The van der Waals surface area contributed by atoms with E-state index in [2.05, 4.69) is 36.5 Å². The highest BCUT2D eigenvalue weighted by Crippen LogP contribution is 2.39. The molecular formula is C18H20FN. The third-order valence-corrected chi connectivity index (χ3v) is 4.28. The molecule has 0 bridgehead atoms. The summed E-state index contributed by atoms with van der Waals surface area (Å²) in [6.07, 6.45) is 2.25. The number of hydrogen-bond donors (Lipinski definition) is 1. The first-order valence-corrected chi connectivity index (χ1v) is 7.21. The molecule has 0 aromatic heterocycles. The number of benzene rings is 2. The summed E-state index contributed by atoms with van der Waals surface area (Å²) in [5, 5.41) is 3.46. The minimum atomic E-state index is -0.135. The van der Waals surface area contributed by atoms with Crippen molar-refractivity contribution in [2.75, 3.05) is 5.32 Å². The van der Waals surface area contributed by atoms with Crippen LogP contribution in [0.25, 0.3) is 0 Å². The molecule has 0 heterocycles. The topological polar surface area (TPSA) is 12.0 Å². The minimum Gasteiger partial charge on any atom is -0.382 e. The summed E-state index contributed by atoms with van der Waals surface area (Å²) in [5.41, 5.74) is 4.39. The summed E-state index contributed by atoms with van der Waals surface area (Å²) < 4.78 is 13.5. The molecule has 0 saturated heterocycles. The summed E-state index contributed by atoms with van der Waals surface area (Å²) >= 11 is 0. The molecule has 0 amide bonds. The van der Waals surface area contributed by atoms with Crippen LogP contribution in [0, 0.1) is 19.7 Å². The summed E-state index contributed by atoms with van der Waals surface area (Å²) in [4.78, 5) is 0. The van der Waals surface area contributed by atoms with E-state index in [-0.39, 0.29) is 5.82 Å². The zero-order valence-electron chi connectivity index (χ0n) is 12.0. The zero-order chi connectivity index (χ0) is 14.1. The molecule has 20 heavy (non-hydrogen) atoms. The van der Waals surface area contributed by atoms with Gasteiger partial charge < -0.3 is 5.32 Å². The van der Waals surface area contributed by atoms with Crippen molar-refractivity contribution in [1.82, 2.24) is 0 Å². The van der Waals surface area contributed by atoms with Gasteiger partial charge in [-0.3, -0.25) is 0 Å². The molecule has 104 valence electrons. The summed E-state index contributed by atoms with van der Waals surface area (Å²) in [5.74, 6) is 0.505. The Labute approximate surface area is 119 Å². The minimum absolute atomic E-state index is 0.135. The first-order valence-electron chi connectivity index (χ1n) is 7.21. The van der Waals surface area contributed by atoms with Gasteiger partial charge in [0.2, 0.25) is 0 Å². The van der Waals surface area contributed by atoms with Gasteiger partial charge in [0.1, 0.15) is 5.82 Å². The zero-order valence-corrected chi connectivity index (χ0v) is 12.0. The van der Waals surface area contributed by atoms with Crippen LogP contribution in [0.3, 0.4) is 0 Å². The van der Waals surface area contributed by atoms with Crippen molar-refractivity contribution in [2.24, 2.45) is 0 Å². The molecule has 1 aliphatic carbocycles. The fourth-order valence-corrected chi connectivity index (χ4v) is 2.92. The van der Waals surface area contributed by atoms with Crippen LogP contribution in [0.5, 0.6) is 0 Å². The Balaban J connectivity index is 1.62. The summed E-state index contributed by atoms with van der Waals surface area (Å²) in [7, 11) is 0. The second-order valence-corrected chi connectivity index (χ2v) is 5.84. The van der Waals surface area contributed by atoms with Crippen molar-refractivity contribution in [3.63, 3.8) is 0 Å². The number of hydrogen-bond acceptors (Lipinski definition) is 1. The van der Waals surface area contributed by atoms with Gasteiger partial charge in [0.15, 0.2) is 0 Å². The molecule has 0 unspecified atom stereocenters. The summed E-state index contributed by atoms with van der Waals surface area (Å²) in [6, 6.07) is 14.4. The van der Waals surface area contributed by atoms with Gasteiger partial charge in [-0.25, -0.2) is 4.39 Å². The Morgan fingerprint density at radius 1 is 1.05 bits per heavy atom. The van der Waals surface area contributed by atoms with Crippen LogP contribution in [-0.2, 0) is 0 Å². The molecule has 1 aliphatic rings. The van der Waals surface area contributed by atoms with E-state index in [0.717, 1.165) is 18.5 Å². The first kappa shape index (κ1) is 13.2. The predicted octanol–water partition coefficient (Wildman–Crippen LogP) is 4.80. The lowest BCUT2D eigenvalue weighted by Crippen LogP contribution is -2.34. The van der Waals surface area contributed by atoms with Crippen molar-refractivity contribution in [2.45, 2.75) is 38.6 Å². The van der Waals surface area contributed by atoms with E-state index < -0.39 is 0 Å². The van der Waals surface area contributed by atoms with Gasteiger partial charge in [-0.1, -0.05) is 35.9 Å². The normalized spacial score (nSPS) is 21.4. The van der Waals surface area contributed by atoms with E-state index in [1.807, 2.05) is 13.0 Å². The molecule has 2 heteroatoms. The van der Waals surface area contributed by atoms with E-state index in [4.69, 9.17) is 0 Å². The summed E-state index contributed by atoms with van der Waals surface area (Å²) in [6.45, 7) is 3.96. The second kappa shape index (κ2) is 5.28. The van der Waals surface area contributed by atoms with Gasteiger partial charge in [0.25, 0.3) is 0 Å². The Morgan fingerprint density at radius 2 is 1.80 bits per heavy atom. The highest BCUT2D eigenvalue weighted by atomic mass is 19.1. The Hall–Kier alpha value is -1.83. The van der Waals surface area contributed by atoms with Crippen molar-refractivity contribution in [3.05, 3.63) is 65.0 Å². The van der Waals surface area contributed by atoms with Crippen LogP contribution in [0.15, 0.2) is 42.5 Å². The van der Waals surface area contributed by atoms with E-state index in [0.29, 0.717) is 17.5 Å². The van der Waals surface area contributed by atoms with Crippen molar-refractivity contribution in [3.8, 4) is 0 Å². The number of anilines is 1. The molecule has 3 rings (SSSR count). The third kappa shape index (κ3) is 2.55. The predicted molar refractivity (Wildman–Crippen MR) is 81.7 cm³/mol. The fourth-order valence-electron chi connectivity index (χ4n) is 2.92. The van der Waals surface area contributed by atoms with E-state index >= 15 is 0 Å². The van der Waals surface area contributed by atoms with Crippen LogP contribution in [0.2, 0.25) is 0 Å². The standard InChI is InChI=1S/C18H20FN/c1-12-5-3-6-14(9-12)15-10-16(11-15)20-18-8-4-7-17(19)13(18)2/h3-9,15-16,20H,10-11H2,1-2H3. The SMILES string of the molecule is Cc1cccc(C2CC(Nc3cccc(F)c3C)C2)c1. The fraction of sp³-hybridized carbons (Fsp3) is 0.333. The van der Waals surface area contributed by atoms with Crippen LogP contribution in [-0.4, -0.2) is 6.04 Å². The average Bonchev–Trinajstić information content (AvgIpc) is 2.38. The largest absolute Gasteiger partial charge is 0.382 e. The Kier molecular flexibility index (Phi) is 3.47. The lowest BCUT2D eigenvalue weighted by Gasteiger charge is -2.37.